The summed E-state index contributed by atoms with van der Waals surface area (Å²) in [7, 11) is -3.50. The molecule has 5 nitrogen and oxygen atoms in total. The number of hydrogen-bond acceptors (Lipinski definition) is 4. The zero-order chi connectivity index (χ0) is 21.1. The standard InChI is InChI=1S/C24H26N2O3S/c1-18-13-15-26(16-14-18)30(28,29)21-11-9-20(10-12-21)24(27)17-25-23-8-4-6-19-5-2-3-7-22(19)23/h2-12,18,25H,13-17H2,1H3. The zero-order valence-corrected chi connectivity index (χ0v) is 17.9. The minimum absolute atomic E-state index is 0.0846. The predicted octanol–water partition coefficient (Wildman–Crippen LogP) is 4.56. The van der Waals surface area contributed by atoms with Crippen molar-refractivity contribution in [2.75, 3.05) is 25.0 Å². The number of fused-ring (bicyclic) bond motifs is 1. The van der Waals surface area contributed by atoms with Crippen molar-refractivity contribution in [1.82, 2.24) is 4.31 Å². The molecule has 0 spiro atoms. The number of carbonyl (C=O) groups excluding carboxylic acids is 1. The van der Waals surface area contributed by atoms with Crippen LogP contribution >= 0.6 is 0 Å². The number of anilines is 1. The maximum Gasteiger partial charge on any atom is 0.243 e. The van der Waals surface area contributed by atoms with Gasteiger partial charge in [0.05, 0.1) is 11.4 Å². The third-order valence-electron chi connectivity index (χ3n) is 5.79. The third kappa shape index (κ3) is 4.25. The van der Waals surface area contributed by atoms with Crippen molar-refractivity contribution in [2.45, 2.75) is 24.7 Å². The first-order valence-electron chi connectivity index (χ1n) is 10.3. The molecule has 0 atom stereocenters. The second kappa shape index (κ2) is 8.58. The van der Waals surface area contributed by atoms with Crippen molar-refractivity contribution in [2.24, 2.45) is 5.92 Å². The SMILES string of the molecule is CC1CCN(S(=O)(=O)c2ccc(C(=O)CNc3cccc4ccccc34)cc2)CC1. The summed E-state index contributed by atoms with van der Waals surface area (Å²) in [4.78, 5) is 12.9. The lowest BCUT2D eigenvalue weighted by atomic mass is 10.0. The maximum absolute atomic E-state index is 12.8. The Kier molecular flexibility index (Phi) is 5.88. The Morgan fingerprint density at radius 1 is 0.967 bits per heavy atom. The van der Waals surface area contributed by atoms with E-state index in [0.717, 1.165) is 29.3 Å². The molecule has 3 aromatic carbocycles. The van der Waals surface area contributed by atoms with Crippen LogP contribution in [0.2, 0.25) is 0 Å². The number of rotatable bonds is 6. The van der Waals surface area contributed by atoms with Gasteiger partial charge in [-0.15, -0.1) is 0 Å². The van der Waals surface area contributed by atoms with Crippen molar-refractivity contribution in [3.05, 3.63) is 72.3 Å². The predicted molar refractivity (Wildman–Crippen MR) is 120 cm³/mol. The monoisotopic (exact) mass is 422 g/mol. The molecule has 0 saturated carbocycles. The molecule has 0 unspecified atom stereocenters. The first kappa shape index (κ1) is 20.6. The summed E-state index contributed by atoms with van der Waals surface area (Å²) < 4.78 is 27.2. The molecule has 1 fully saturated rings. The summed E-state index contributed by atoms with van der Waals surface area (Å²) in [5, 5.41) is 5.38. The second-order valence-electron chi connectivity index (χ2n) is 7.91. The molecule has 0 radical (unpaired) electrons. The number of ketones is 1. The number of sulfonamides is 1. The van der Waals surface area contributed by atoms with Gasteiger partial charge in [-0.2, -0.15) is 4.31 Å². The highest BCUT2D eigenvalue weighted by Gasteiger charge is 2.28. The fourth-order valence-corrected chi connectivity index (χ4v) is 5.31. The number of nitrogens with one attached hydrogen (secondary N) is 1. The van der Waals surface area contributed by atoms with Gasteiger partial charge in [-0.1, -0.05) is 43.3 Å². The molecule has 156 valence electrons. The van der Waals surface area contributed by atoms with E-state index in [2.05, 4.69) is 12.2 Å². The molecule has 3 aromatic rings. The van der Waals surface area contributed by atoms with Crippen LogP contribution in [0.4, 0.5) is 5.69 Å². The van der Waals surface area contributed by atoms with Crippen LogP contribution in [0, 0.1) is 5.92 Å². The zero-order valence-electron chi connectivity index (χ0n) is 17.0. The van der Waals surface area contributed by atoms with E-state index in [-0.39, 0.29) is 17.2 Å². The molecule has 0 aliphatic carbocycles. The number of hydrogen-bond donors (Lipinski definition) is 1. The van der Waals surface area contributed by atoms with Crippen LogP contribution < -0.4 is 5.32 Å². The fourth-order valence-electron chi connectivity index (χ4n) is 3.84. The van der Waals surface area contributed by atoms with Gasteiger partial charge in [0, 0.05) is 29.7 Å². The molecule has 1 N–H and O–H groups in total. The molecule has 1 aliphatic rings. The lowest BCUT2D eigenvalue weighted by Crippen LogP contribution is -2.37. The van der Waals surface area contributed by atoms with Crippen molar-refractivity contribution < 1.29 is 13.2 Å². The Morgan fingerprint density at radius 3 is 2.37 bits per heavy atom. The first-order valence-corrected chi connectivity index (χ1v) is 11.7. The largest absolute Gasteiger partial charge is 0.377 e. The summed E-state index contributed by atoms with van der Waals surface area (Å²) >= 11 is 0. The Morgan fingerprint density at radius 2 is 1.63 bits per heavy atom. The molecular formula is C24H26N2O3S. The average molecular weight is 423 g/mol. The molecule has 0 bridgehead atoms. The molecule has 1 aliphatic heterocycles. The number of carbonyl (C=O) groups is 1. The highest BCUT2D eigenvalue weighted by atomic mass is 32.2. The van der Waals surface area contributed by atoms with Gasteiger partial charge in [0.1, 0.15) is 0 Å². The van der Waals surface area contributed by atoms with E-state index in [1.165, 1.54) is 0 Å². The second-order valence-corrected chi connectivity index (χ2v) is 9.85. The number of nitrogens with zero attached hydrogens (tertiary/aromatic N) is 1. The Hall–Kier alpha value is -2.70. The van der Waals surface area contributed by atoms with Crippen LogP contribution in [0.15, 0.2) is 71.6 Å². The summed E-state index contributed by atoms with van der Waals surface area (Å²) in [5.41, 5.74) is 1.40. The quantitative estimate of drug-likeness (QED) is 0.592. The molecule has 4 rings (SSSR count). The van der Waals surface area contributed by atoms with Gasteiger partial charge in [-0.3, -0.25) is 4.79 Å². The lowest BCUT2D eigenvalue weighted by molar-refractivity contribution is 0.101. The van der Waals surface area contributed by atoms with E-state index in [1.807, 2.05) is 42.5 Å². The minimum Gasteiger partial charge on any atom is -0.377 e. The third-order valence-corrected chi connectivity index (χ3v) is 7.70. The van der Waals surface area contributed by atoms with E-state index in [9.17, 15) is 13.2 Å². The maximum atomic E-state index is 12.8. The van der Waals surface area contributed by atoms with Crippen LogP contribution in [-0.4, -0.2) is 38.1 Å². The summed E-state index contributed by atoms with van der Waals surface area (Å²) in [6.07, 6.45) is 1.77. The summed E-state index contributed by atoms with van der Waals surface area (Å²) in [5.74, 6) is 0.476. The molecule has 30 heavy (non-hydrogen) atoms. The topological polar surface area (TPSA) is 66.5 Å². The Bertz CT molecular complexity index is 1140. The molecule has 1 heterocycles. The van der Waals surface area contributed by atoms with Crippen LogP contribution in [-0.2, 0) is 10.0 Å². The highest BCUT2D eigenvalue weighted by Crippen LogP contribution is 2.25. The van der Waals surface area contributed by atoms with Crippen molar-refractivity contribution in [1.29, 1.82) is 0 Å². The van der Waals surface area contributed by atoms with E-state index in [1.54, 1.807) is 28.6 Å². The van der Waals surface area contributed by atoms with Gasteiger partial charge in [0.2, 0.25) is 10.0 Å². The Labute approximate surface area is 177 Å². The number of piperidine rings is 1. The fraction of sp³-hybridized carbons (Fsp3) is 0.292. The van der Waals surface area contributed by atoms with Gasteiger partial charge in [0.25, 0.3) is 0 Å². The molecule has 1 saturated heterocycles. The van der Waals surface area contributed by atoms with Crippen LogP contribution in [0.5, 0.6) is 0 Å². The number of benzene rings is 3. The van der Waals surface area contributed by atoms with Gasteiger partial charge in [0.15, 0.2) is 5.78 Å². The van der Waals surface area contributed by atoms with E-state index < -0.39 is 10.0 Å². The lowest BCUT2D eigenvalue weighted by Gasteiger charge is -2.29. The smallest absolute Gasteiger partial charge is 0.243 e. The van der Waals surface area contributed by atoms with E-state index >= 15 is 0 Å². The van der Waals surface area contributed by atoms with E-state index in [0.29, 0.717) is 24.6 Å². The van der Waals surface area contributed by atoms with Gasteiger partial charge < -0.3 is 5.32 Å². The molecule has 6 heteroatoms. The Balaban J connectivity index is 1.44. The van der Waals surface area contributed by atoms with Gasteiger partial charge >= 0.3 is 0 Å². The minimum atomic E-state index is -3.50. The summed E-state index contributed by atoms with van der Waals surface area (Å²) in [6.45, 7) is 3.40. The molecular weight excluding hydrogens is 396 g/mol. The number of Topliss-reactive ketones (excluding diaryl/α,β-unsaturated/α-hetero) is 1. The first-order chi connectivity index (χ1) is 14.4. The summed E-state index contributed by atoms with van der Waals surface area (Å²) in [6, 6.07) is 20.2. The van der Waals surface area contributed by atoms with Crippen molar-refractivity contribution in [3.63, 3.8) is 0 Å². The van der Waals surface area contributed by atoms with Crippen molar-refractivity contribution >= 4 is 32.3 Å². The normalized spacial score (nSPS) is 15.9. The highest BCUT2D eigenvalue weighted by molar-refractivity contribution is 7.89. The van der Waals surface area contributed by atoms with E-state index in [4.69, 9.17) is 0 Å². The average Bonchev–Trinajstić information content (AvgIpc) is 2.78. The molecule has 0 amide bonds. The van der Waals surface area contributed by atoms with Gasteiger partial charge in [-0.05, 0) is 54.5 Å². The van der Waals surface area contributed by atoms with Crippen LogP contribution in [0.1, 0.15) is 30.1 Å². The van der Waals surface area contributed by atoms with Crippen molar-refractivity contribution in [3.8, 4) is 0 Å². The van der Waals surface area contributed by atoms with Crippen LogP contribution in [0.3, 0.4) is 0 Å². The molecule has 0 aromatic heterocycles. The van der Waals surface area contributed by atoms with Crippen LogP contribution in [0.25, 0.3) is 10.8 Å². The van der Waals surface area contributed by atoms with Gasteiger partial charge in [-0.25, -0.2) is 8.42 Å².